The van der Waals surface area contributed by atoms with Crippen molar-refractivity contribution < 1.29 is 10.2 Å². The molecule has 0 aliphatic heterocycles. The molecule has 0 radical (unpaired) electrons. The molecule has 19 heavy (non-hydrogen) atoms. The van der Waals surface area contributed by atoms with E-state index in [0.717, 1.165) is 0 Å². The molecule has 2 rings (SSSR count). The molecule has 0 saturated heterocycles. The maximum Gasteiger partial charge on any atom is 0.124 e. The summed E-state index contributed by atoms with van der Waals surface area (Å²) in [5, 5.41) is 22.9. The number of aromatic hydroxyl groups is 2. The first kappa shape index (κ1) is 13.4. The lowest BCUT2D eigenvalue weighted by atomic mass is 10.1. The summed E-state index contributed by atoms with van der Waals surface area (Å²) in [7, 11) is 0. The highest BCUT2D eigenvalue weighted by Crippen LogP contribution is 2.32. The molecule has 0 bridgehead atoms. The first-order valence-corrected chi connectivity index (χ1v) is 6.37. The Bertz CT molecular complexity index is 546. The number of hydrogen-bond donors (Lipinski definition) is 3. The highest BCUT2D eigenvalue weighted by molar-refractivity contribution is 5.44. The quantitative estimate of drug-likeness (QED) is 0.788. The second kappa shape index (κ2) is 5.76. The van der Waals surface area contributed by atoms with E-state index >= 15 is 0 Å². The van der Waals surface area contributed by atoms with Crippen molar-refractivity contribution in [1.29, 1.82) is 0 Å². The van der Waals surface area contributed by atoms with Crippen LogP contribution in [0.1, 0.15) is 29.7 Å². The zero-order valence-electron chi connectivity index (χ0n) is 11.2. The molecular formula is C16H19NO2. The molecule has 1 unspecified atom stereocenters. The summed E-state index contributed by atoms with van der Waals surface area (Å²) < 4.78 is 0. The maximum atomic E-state index is 9.80. The molecular weight excluding hydrogens is 238 g/mol. The van der Waals surface area contributed by atoms with Crippen LogP contribution < -0.4 is 5.32 Å². The van der Waals surface area contributed by atoms with Crippen molar-refractivity contribution in [2.24, 2.45) is 0 Å². The number of phenols is 2. The van der Waals surface area contributed by atoms with Gasteiger partial charge in [0.15, 0.2) is 0 Å². The average molecular weight is 257 g/mol. The van der Waals surface area contributed by atoms with Crippen LogP contribution in [-0.4, -0.2) is 10.2 Å². The van der Waals surface area contributed by atoms with Gasteiger partial charge in [0.2, 0.25) is 0 Å². The lowest BCUT2D eigenvalue weighted by Crippen LogP contribution is -2.18. The van der Waals surface area contributed by atoms with Gasteiger partial charge in [-0.15, -0.1) is 0 Å². The molecule has 0 aromatic heterocycles. The summed E-state index contributed by atoms with van der Waals surface area (Å²) in [6.45, 7) is 4.67. The van der Waals surface area contributed by atoms with Gasteiger partial charge in [0.1, 0.15) is 11.5 Å². The fourth-order valence-corrected chi connectivity index (χ4v) is 2.18. The molecule has 0 aliphatic carbocycles. The average Bonchev–Trinajstić information content (AvgIpc) is 2.36. The van der Waals surface area contributed by atoms with Crippen molar-refractivity contribution in [3.63, 3.8) is 0 Å². The second-order valence-corrected chi connectivity index (χ2v) is 4.80. The number of hydrogen-bond acceptors (Lipinski definition) is 3. The van der Waals surface area contributed by atoms with Crippen LogP contribution in [0, 0.1) is 6.92 Å². The third-order valence-corrected chi connectivity index (χ3v) is 3.19. The Balaban J connectivity index is 2.07. The van der Waals surface area contributed by atoms with Crippen LogP contribution in [0.5, 0.6) is 11.5 Å². The van der Waals surface area contributed by atoms with Gasteiger partial charge in [0, 0.05) is 12.6 Å². The third-order valence-electron chi connectivity index (χ3n) is 3.19. The van der Waals surface area contributed by atoms with Gasteiger partial charge in [-0.05, 0) is 31.5 Å². The van der Waals surface area contributed by atoms with Crippen LogP contribution in [0.25, 0.3) is 0 Å². The Kier molecular flexibility index (Phi) is 4.07. The van der Waals surface area contributed by atoms with Gasteiger partial charge in [-0.2, -0.15) is 0 Å². The Morgan fingerprint density at radius 1 is 1.05 bits per heavy atom. The molecule has 3 nitrogen and oxygen atoms in total. The minimum Gasteiger partial charge on any atom is -0.507 e. The van der Waals surface area contributed by atoms with E-state index in [9.17, 15) is 10.2 Å². The van der Waals surface area contributed by atoms with E-state index in [1.165, 1.54) is 11.1 Å². The van der Waals surface area contributed by atoms with Gasteiger partial charge >= 0.3 is 0 Å². The zero-order chi connectivity index (χ0) is 13.8. The largest absolute Gasteiger partial charge is 0.507 e. The molecule has 3 N–H and O–H groups in total. The molecule has 2 aromatic carbocycles. The fraction of sp³-hybridized carbons (Fsp3) is 0.250. The fourth-order valence-electron chi connectivity index (χ4n) is 2.18. The predicted octanol–water partition coefficient (Wildman–Crippen LogP) is 3.26. The molecule has 0 fully saturated rings. The summed E-state index contributed by atoms with van der Waals surface area (Å²) in [5.41, 5.74) is 2.94. The van der Waals surface area contributed by atoms with Gasteiger partial charge in [-0.1, -0.05) is 35.9 Å². The number of nitrogens with one attached hydrogen (secondary N) is 1. The molecule has 0 spiro atoms. The smallest absolute Gasteiger partial charge is 0.124 e. The zero-order valence-corrected chi connectivity index (χ0v) is 11.2. The van der Waals surface area contributed by atoms with E-state index in [4.69, 9.17) is 0 Å². The number of phenolic OH excluding ortho intramolecular Hbond substituents is 2. The van der Waals surface area contributed by atoms with Crippen LogP contribution >= 0.6 is 0 Å². The normalized spacial score (nSPS) is 12.3. The van der Waals surface area contributed by atoms with Gasteiger partial charge in [0.05, 0.1) is 5.56 Å². The summed E-state index contributed by atoms with van der Waals surface area (Å²) >= 11 is 0. The third kappa shape index (κ3) is 3.26. The van der Waals surface area contributed by atoms with E-state index in [1.807, 2.05) is 13.0 Å². The minimum atomic E-state index is -0.123. The highest BCUT2D eigenvalue weighted by atomic mass is 16.3. The van der Waals surface area contributed by atoms with E-state index in [1.54, 1.807) is 18.2 Å². The Labute approximate surface area is 113 Å². The molecule has 0 heterocycles. The van der Waals surface area contributed by atoms with Crippen molar-refractivity contribution in [2.75, 3.05) is 0 Å². The number of aryl methyl sites for hydroxylation is 1. The number of rotatable bonds is 4. The van der Waals surface area contributed by atoms with Gasteiger partial charge < -0.3 is 15.5 Å². The summed E-state index contributed by atoms with van der Waals surface area (Å²) in [5.74, 6) is 0.230. The minimum absolute atomic E-state index is 0.115. The first-order chi connectivity index (χ1) is 9.08. The SMILES string of the molecule is Cc1cccc(CNC(C)c2c(O)cccc2O)c1. The molecule has 0 aliphatic rings. The Morgan fingerprint density at radius 3 is 2.32 bits per heavy atom. The molecule has 0 amide bonds. The molecule has 1 atom stereocenters. The Morgan fingerprint density at radius 2 is 1.68 bits per heavy atom. The second-order valence-electron chi connectivity index (χ2n) is 4.80. The summed E-state index contributed by atoms with van der Waals surface area (Å²) in [6.07, 6.45) is 0. The summed E-state index contributed by atoms with van der Waals surface area (Å²) in [6, 6.07) is 12.9. The monoisotopic (exact) mass is 257 g/mol. The topological polar surface area (TPSA) is 52.5 Å². The predicted molar refractivity (Wildman–Crippen MR) is 76.2 cm³/mol. The van der Waals surface area contributed by atoms with Crippen molar-refractivity contribution in [2.45, 2.75) is 26.4 Å². The lowest BCUT2D eigenvalue weighted by molar-refractivity contribution is 0.418. The van der Waals surface area contributed by atoms with Crippen LogP contribution in [0.15, 0.2) is 42.5 Å². The molecule has 3 heteroatoms. The van der Waals surface area contributed by atoms with E-state index in [0.29, 0.717) is 12.1 Å². The van der Waals surface area contributed by atoms with Gasteiger partial charge in [0.25, 0.3) is 0 Å². The summed E-state index contributed by atoms with van der Waals surface area (Å²) in [4.78, 5) is 0. The van der Waals surface area contributed by atoms with Crippen LogP contribution in [0.2, 0.25) is 0 Å². The van der Waals surface area contributed by atoms with Crippen molar-refractivity contribution in [3.05, 3.63) is 59.2 Å². The molecule has 100 valence electrons. The molecule has 2 aromatic rings. The maximum absolute atomic E-state index is 9.80. The van der Waals surface area contributed by atoms with Crippen LogP contribution in [0.4, 0.5) is 0 Å². The molecule has 0 saturated carbocycles. The van der Waals surface area contributed by atoms with Gasteiger partial charge in [-0.25, -0.2) is 0 Å². The van der Waals surface area contributed by atoms with Crippen LogP contribution in [-0.2, 0) is 6.54 Å². The van der Waals surface area contributed by atoms with E-state index in [2.05, 4.69) is 30.4 Å². The van der Waals surface area contributed by atoms with E-state index in [-0.39, 0.29) is 17.5 Å². The standard InChI is InChI=1S/C16H19NO2/c1-11-5-3-6-13(9-11)10-17-12(2)16-14(18)7-4-8-15(16)19/h3-9,12,17-19H,10H2,1-2H3. The van der Waals surface area contributed by atoms with E-state index < -0.39 is 0 Å². The number of benzene rings is 2. The van der Waals surface area contributed by atoms with Crippen LogP contribution in [0.3, 0.4) is 0 Å². The highest BCUT2D eigenvalue weighted by Gasteiger charge is 2.14. The van der Waals surface area contributed by atoms with Crippen molar-refractivity contribution in [1.82, 2.24) is 5.32 Å². The van der Waals surface area contributed by atoms with Crippen molar-refractivity contribution >= 4 is 0 Å². The van der Waals surface area contributed by atoms with Gasteiger partial charge in [-0.3, -0.25) is 0 Å². The van der Waals surface area contributed by atoms with Crippen molar-refractivity contribution in [3.8, 4) is 11.5 Å². The first-order valence-electron chi connectivity index (χ1n) is 6.37. The Hall–Kier alpha value is -2.00. The lowest BCUT2D eigenvalue weighted by Gasteiger charge is -2.17.